The van der Waals surface area contributed by atoms with Gasteiger partial charge in [0, 0.05) is 6.04 Å². The Balaban J connectivity index is 2.18. The van der Waals surface area contributed by atoms with Crippen molar-refractivity contribution < 1.29 is 9.59 Å². The van der Waals surface area contributed by atoms with Gasteiger partial charge in [-0.05, 0) is 46.0 Å². The fraction of sp³-hybridized carbons (Fsp3) is 0.833. The number of imide groups is 1. The molecule has 2 heterocycles. The second-order valence-corrected chi connectivity index (χ2v) is 5.84. The van der Waals surface area contributed by atoms with E-state index in [1.165, 1.54) is 0 Å². The Hall–Kier alpha value is -0.860. The van der Waals surface area contributed by atoms with Crippen LogP contribution < -0.4 is 0 Å². The van der Waals surface area contributed by atoms with Gasteiger partial charge in [0.1, 0.15) is 0 Å². The standard InChI is InChI=1S/C12H17NO2/c1-7-4-5-8-6-11(2)9(14)13(7)10(15)12(8,11)3/h7-8H,4-6H2,1-3H3/t7-,8+,11+,12-/m0/s1. The molecule has 1 aliphatic carbocycles. The molecule has 3 nitrogen and oxygen atoms in total. The molecule has 0 spiro atoms. The minimum Gasteiger partial charge on any atom is -0.279 e. The molecular formula is C12H17NO2. The van der Waals surface area contributed by atoms with Crippen molar-refractivity contribution in [1.29, 1.82) is 0 Å². The van der Waals surface area contributed by atoms with Crippen molar-refractivity contribution in [3.8, 4) is 0 Å². The Bertz CT molecular complexity index is 378. The van der Waals surface area contributed by atoms with Crippen molar-refractivity contribution >= 4 is 11.8 Å². The van der Waals surface area contributed by atoms with E-state index in [1.807, 2.05) is 20.8 Å². The van der Waals surface area contributed by atoms with Gasteiger partial charge in [0.2, 0.25) is 11.8 Å². The summed E-state index contributed by atoms with van der Waals surface area (Å²) < 4.78 is 0. The van der Waals surface area contributed by atoms with E-state index < -0.39 is 0 Å². The first-order valence-electron chi connectivity index (χ1n) is 5.81. The van der Waals surface area contributed by atoms with Crippen molar-refractivity contribution in [2.45, 2.75) is 46.1 Å². The molecule has 15 heavy (non-hydrogen) atoms. The van der Waals surface area contributed by atoms with E-state index >= 15 is 0 Å². The third-order valence-electron chi connectivity index (χ3n) is 5.34. The fourth-order valence-corrected chi connectivity index (χ4v) is 3.92. The molecule has 0 radical (unpaired) electrons. The second-order valence-electron chi connectivity index (χ2n) is 5.84. The van der Waals surface area contributed by atoms with Crippen molar-refractivity contribution in [3.63, 3.8) is 0 Å². The van der Waals surface area contributed by atoms with E-state index in [1.54, 1.807) is 4.90 Å². The van der Waals surface area contributed by atoms with Gasteiger partial charge in [0.05, 0.1) is 10.8 Å². The van der Waals surface area contributed by atoms with Crippen LogP contribution in [0.15, 0.2) is 0 Å². The second kappa shape index (κ2) is 2.28. The summed E-state index contributed by atoms with van der Waals surface area (Å²) in [5, 5.41) is 0. The van der Waals surface area contributed by atoms with Crippen molar-refractivity contribution in [2.24, 2.45) is 16.7 Å². The maximum absolute atomic E-state index is 12.3. The number of carbonyl (C=O) groups is 2. The maximum Gasteiger partial charge on any atom is 0.236 e. The predicted octanol–water partition coefficient (Wildman–Crippen LogP) is 1.57. The van der Waals surface area contributed by atoms with Crippen LogP contribution in [-0.2, 0) is 9.59 Å². The SMILES string of the molecule is C[C@H]1CC[C@@H]2C[C@]3(C)C(=O)N1C(=O)[C@]23C. The van der Waals surface area contributed by atoms with Crippen LogP contribution in [0.4, 0.5) is 0 Å². The van der Waals surface area contributed by atoms with E-state index in [0.29, 0.717) is 5.92 Å². The monoisotopic (exact) mass is 207 g/mol. The van der Waals surface area contributed by atoms with Crippen molar-refractivity contribution in [3.05, 3.63) is 0 Å². The van der Waals surface area contributed by atoms with Crippen LogP contribution in [0.25, 0.3) is 0 Å². The van der Waals surface area contributed by atoms with E-state index in [9.17, 15) is 9.59 Å². The predicted molar refractivity (Wildman–Crippen MR) is 54.9 cm³/mol. The fourth-order valence-electron chi connectivity index (χ4n) is 3.92. The lowest BCUT2D eigenvalue weighted by Crippen LogP contribution is -2.57. The molecule has 0 aromatic carbocycles. The normalized spacial score (nSPS) is 52.9. The highest BCUT2D eigenvalue weighted by molar-refractivity contribution is 6.11. The summed E-state index contributed by atoms with van der Waals surface area (Å²) in [6.45, 7) is 5.97. The van der Waals surface area contributed by atoms with Crippen LogP contribution >= 0.6 is 0 Å². The molecule has 0 N–H and O–H groups in total. The largest absolute Gasteiger partial charge is 0.279 e. The Kier molecular flexibility index (Phi) is 1.42. The molecule has 3 rings (SSSR count). The van der Waals surface area contributed by atoms with Crippen molar-refractivity contribution in [1.82, 2.24) is 4.90 Å². The molecule has 0 aromatic heterocycles. The minimum absolute atomic E-state index is 0.0819. The molecule has 1 saturated carbocycles. The van der Waals surface area contributed by atoms with Gasteiger partial charge in [-0.15, -0.1) is 0 Å². The number of nitrogens with zero attached hydrogens (tertiary/aromatic N) is 1. The number of hydrogen-bond acceptors (Lipinski definition) is 2. The lowest BCUT2D eigenvalue weighted by Gasteiger charge is -2.54. The van der Waals surface area contributed by atoms with Gasteiger partial charge >= 0.3 is 0 Å². The molecular weight excluding hydrogens is 190 g/mol. The summed E-state index contributed by atoms with van der Waals surface area (Å²) in [4.78, 5) is 26.1. The zero-order valence-electron chi connectivity index (χ0n) is 9.54. The summed E-state index contributed by atoms with van der Waals surface area (Å²) in [6, 6.07) is 0.108. The van der Waals surface area contributed by atoms with Gasteiger partial charge in [-0.25, -0.2) is 0 Å². The summed E-state index contributed by atoms with van der Waals surface area (Å²) >= 11 is 0. The van der Waals surface area contributed by atoms with Gasteiger partial charge in [0.25, 0.3) is 0 Å². The molecule has 82 valence electrons. The Morgan fingerprint density at radius 1 is 1.20 bits per heavy atom. The summed E-state index contributed by atoms with van der Waals surface area (Å²) in [5.74, 6) is 0.614. The highest BCUT2D eigenvalue weighted by Gasteiger charge is 2.75. The molecule has 3 fully saturated rings. The van der Waals surface area contributed by atoms with Gasteiger partial charge < -0.3 is 0 Å². The van der Waals surface area contributed by atoms with Gasteiger partial charge in [-0.2, -0.15) is 0 Å². The first-order valence-corrected chi connectivity index (χ1v) is 5.81. The molecule has 2 saturated heterocycles. The van der Waals surface area contributed by atoms with E-state index in [-0.39, 0.29) is 28.7 Å². The van der Waals surface area contributed by atoms with Crippen LogP contribution in [0.3, 0.4) is 0 Å². The lowest BCUT2D eigenvalue weighted by atomic mass is 9.45. The molecule has 2 aliphatic heterocycles. The first-order chi connectivity index (χ1) is 6.93. The molecule has 2 amide bonds. The number of hydrogen-bond donors (Lipinski definition) is 0. The third kappa shape index (κ3) is 0.704. The molecule has 3 aliphatic rings. The molecule has 2 bridgehead atoms. The summed E-state index contributed by atoms with van der Waals surface area (Å²) in [5.41, 5.74) is -0.766. The Labute approximate surface area is 89.8 Å². The van der Waals surface area contributed by atoms with Gasteiger partial charge in [0.15, 0.2) is 0 Å². The van der Waals surface area contributed by atoms with Crippen LogP contribution in [0.1, 0.15) is 40.0 Å². The zero-order chi connectivity index (χ0) is 11.0. The highest BCUT2D eigenvalue weighted by Crippen LogP contribution is 2.68. The average molecular weight is 207 g/mol. The summed E-state index contributed by atoms with van der Waals surface area (Å²) in [7, 11) is 0. The van der Waals surface area contributed by atoms with Crippen LogP contribution in [-0.4, -0.2) is 22.8 Å². The lowest BCUT2D eigenvalue weighted by molar-refractivity contribution is -0.160. The molecule has 0 unspecified atom stereocenters. The van der Waals surface area contributed by atoms with Crippen LogP contribution in [0.2, 0.25) is 0 Å². The third-order valence-corrected chi connectivity index (χ3v) is 5.34. The van der Waals surface area contributed by atoms with Gasteiger partial charge in [-0.3, -0.25) is 14.5 Å². The number of rotatable bonds is 0. The average Bonchev–Trinajstić information content (AvgIpc) is 2.26. The number of carbonyl (C=O) groups excluding carboxylic acids is 2. The quantitative estimate of drug-likeness (QED) is 0.565. The molecule has 3 heteroatoms. The zero-order valence-corrected chi connectivity index (χ0v) is 9.54. The van der Waals surface area contributed by atoms with E-state index in [0.717, 1.165) is 19.3 Å². The van der Waals surface area contributed by atoms with E-state index in [4.69, 9.17) is 0 Å². The summed E-state index contributed by atoms with van der Waals surface area (Å²) in [6.07, 6.45) is 2.99. The molecule has 0 aromatic rings. The smallest absolute Gasteiger partial charge is 0.236 e. The Morgan fingerprint density at radius 2 is 1.87 bits per heavy atom. The van der Waals surface area contributed by atoms with E-state index in [2.05, 4.69) is 0 Å². The topological polar surface area (TPSA) is 37.4 Å². The Morgan fingerprint density at radius 3 is 2.53 bits per heavy atom. The van der Waals surface area contributed by atoms with Crippen molar-refractivity contribution in [2.75, 3.05) is 0 Å². The van der Waals surface area contributed by atoms with Crippen LogP contribution in [0, 0.1) is 16.7 Å². The first kappa shape index (κ1) is 9.37. The van der Waals surface area contributed by atoms with Gasteiger partial charge in [-0.1, -0.05) is 0 Å². The maximum atomic E-state index is 12.3. The highest BCUT2D eigenvalue weighted by atomic mass is 16.2. The number of amides is 2. The minimum atomic E-state index is -0.385. The molecule has 4 atom stereocenters. The number of fused-ring (bicyclic) bond motifs is 1. The van der Waals surface area contributed by atoms with Crippen LogP contribution in [0.5, 0.6) is 0 Å².